The minimum absolute atomic E-state index is 0.105. The first-order valence-electron chi connectivity index (χ1n) is 13.7. The standard InChI is InChI=1S/C31H26F2N8O3/c1-18(42)36-20-2-4-21(5-3-20)37-31(43)38-22-6-7-23(26(32)12-22)29-39-28-14-24(19-15-34-17-35-16-19)27(33)13-25(28)30(40-29)41-8-10-44-11-9-41/h2-7,12-17H,8-11H2,1H3,(H,36,42)(H2,37,38,43). The van der Waals surface area contributed by atoms with Gasteiger partial charge in [-0.3, -0.25) is 4.79 Å². The number of hydrogen-bond donors (Lipinski definition) is 3. The largest absolute Gasteiger partial charge is 0.378 e. The van der Waals surface area contributed by atoms with Crippen molar-refractivity contribution in [3.05, 3.63) is 85.0 Å². The molecular weight excluding hydrogens is 570 g/mol. The smallest absolute Gasteiger partial charge is 0.323 e. The Labute approximate surface area is 250 Å². The van der Waals surface area contributed by atoms with Crippen LogP contribution in [-0.4, -0.2) is 58.2 Å². The molecule has 3 aromatic carbocycles. The second-order valence-corrected chi connectivity index (χ2v) is 9.98. The van der Waals surface area contributed by atoms with Gasteiger partial charge in [0.05, 0.1) is 24.3 Å². The molecule has 6 rings (SSSR count). The highest BCUT2D eigenvalue weighted by atomic mass is 19.1. The molecule has 0 atom stereocenters. The Morgan fingerprint density at radius 3 is 2.11 bits per heavy atom. The van der Waals surface area contributed by atoms with Crippen molar-refractivity contribution in [3.8, 4) is 22.5 Å². The molecule has 0 bridgehead atoms. The van der Waals surface area contributed by atoms with Gasteiger partial charge in [0.15, 0.2) is 5.82 Å². The number of hydrogen-bond acceptors (Lipinski definition) is 8. The van der Waals surface area contributed by atoms with E-state index in [-0.39, 0.29) is 28.5 Å². The van der Waals surface area contributed by atoms with Crippen LogP contribution in [0.15, 0.2) is 73.3 Å². The number of urea groups is 1. The van der Waals surface area contributed by atoms with Crippen LogP contribution in [0, 0.1) is 11.6 Å². The van der Waals surface area contributed by atoms with E-state index in [2.05, 4.69) is 35.9 Å². The highest BCUT2D eigenvalue weighted by Gasteiger charge is 2.21. The number of nitrogens with zero attached hydrogens (tertiary/aromatic N) is 5. The van der Waals surface area contributed by atoms with Crippen LogP contribution in [-0.2, 0) is 9.53 Å². The Bertz CT molecular complexity index is 1850. The monoisotopic (exact) mass is 596 g/mol. The number of rotatable bonds is 6. The number of amides is 3. The van der Waals surface area contributed by atoms with E-state index >= 15 is 8.78 Å². The maximum atomic E-state index is 15.5. The van der Waals surface area contributed by atoms with E-state index in [4.69, 9.17) is 4.74 Å². The molecule has 0 unspecified atom stereocenters. The van der Waals surface area contributed by atoms with Crippen molar-refractivity contribution in [1.29, 1.82) is 0 Å². The summed E-state index contributed by atoms with van der Waals surface area (Å²) < 4.78 is 36.3. The third-order valence-corrected chi connectivity index (χ3v) is 6.88. The molecule has 1 fully saturated rings. The molecule has 2 aromatic heterocycles. The van der Waals surface area contributed by atoms with Gasteiger partial charge in [-0.15, -0.1) is 0 Å². The lowest BCUT2D eigenvalue weighted by Gasteiger charge is -2.29. The van der Waals surface area contributed by atoms with E-state index in [1.165, 1.54) is 49.9 Å². The topological polar surface area (TPSA) is 134 Å². The number of nitrogens with one attached hydrogen (secondary N) is 3. The van der Waals surface area contributed by atoms with Crippen LogP contribution in [0.1, 0.15) is 6.92 Å². The van der Waals surface area contributed by atoms with Gasteiger partial charge in [-0.25, -0.2) is 33.5 Å². The molecule has 1 aliphatic heterocycles. The van der Waals surface area contributed by atoms with E-state index in [9.17, 15) is 9.59 Å². The summed E-state index contributed by atoms with van der Waals surface area (Å²) >= 11 is 0. The van der Waals surface area contributed by atoms with Gasteiger partial charge in [0, 0.05) is 66.0 Å². The number of anilines is 4. The molecule has 5 aromatic rings. The number of carbonyl (C=O) groups is 2. The van der Waals surface area contributed by atoms with E-state index in [1.807, 2.05) is 4.90 Å². The summed E-state index contributed by atoms with van der Waals surface area (Å²) in [5, 5.41) is 8.39. The lowest BCUT2D eigenvalue weighted by Crippen LogP contribution is -2.37. The first kappa shape index (κ1) is 28.6. The van der Waals surface area contributed by atoms with Gasteiger partial charge in [-0.05, 0) is 54.6 Å². The lowest BCUT2D eigenvalue weighted by atomic mass is 10.0. The number of carbonyl (C=O) groups excluding carboxylic acids is 2. The fourth-order valence-corrected chi connectivity index (χ4v) is 4.84. The molecule has 1 aliphatic rings. The molecule has 0 spiro atoms. The predicted molar refractivity (Wildman–Crippen MR) is 162 cm³/mol. The second kappa shape index (κ2) is 12.4. The van der Waals surface area contributed by atoms with Gasteiger partial charge < -0.3 is 25.6 Å². The van der Waals surface area contributed by atoms with E-state index < -0.39 is 17.7 Å². The minimum atomic E-state index is -0.659. The van der Waals surface area contributed by atoms with Crippen molar-refractivity contribution in [3.63, 3.8) is 0 Å². The molecule has 0 radical (unpaired) electrons. The van der Waals surface area contributed by atoms with Crippen LogP contribution in [0.2, 0.25) is 0 Å². The van der Waals surface area contributed by atoms with Crippen molar-refractivity contribution in [2.45, 2.75) is 6.92 Å². The highest BCUT2D eigenvalue weighted by molar-refractivity contribution is 6.00. The molecule has 3 N–H and O–H groups in total. The van der Waals surface area contributed by atoms with Gasteiger partial charge in [0.2, 0.25) is 5.91 Å². The number of ether oxygens (including phenoxy) is 1. The number of halogens is 2. The van der Waals surface area contributed by atoms with Crippen LogP contribution < -0.4 is 20.9 Å². The highest BCUT2D eigenvalue weighted by Crippen LogP contribution is 2.34. The van der Waals surface area contributed by atoms with Gasteiger partial charge in [-0.2, -0.15) is 0 Å². The van der Waals surface area contributed by atoms with E-state index in [0.29, 0.717) is 60.0 Å². The minimum Gasteiger partial charge on any atom is -0.378 e. The number of aromatic nitrogens is 4. The third-order valence-electron chi connectivity index (χ3n) is 6.88. The van der Waals surface area contributed by atoms with Crippen LogP contribution in [0.3, 0.4) is 0 Å². The summed E-state index contributed by atoms with van der Waals surface area (Å²) in [5.74, 6) is -0.779. The Morgan fingerprint density at radius 2 is 1.43 bits per heavy atom. The zero-order chi connectivity index (χ0) is 30.6. The van der Waals surface area contributed by atoms with Gasteiger partial charge in [0.25, 0.3) is 0 Å². The molecule has 3 amide bonds. The maximum Gasteiger partial charge on any atom is 0.323 e. The van der Waals surface area contributed by atoms with Crippen molar-refractivity contribution < 1.29 is 23.1 Å². The molecule has 13 heteroatoms. The van der Waals surface area contributed by atoms with Crippen molar-refractivity contribution in [1.82, 2.24) is 19.9 Å². The molecule has 0 saturated carbocycles. The Balaban J connectivity index is 1.30. The number of fused-ring (bicyclic) bond motifs is 1. The van der Waals surface area contributed by atoms with Gasteiger partial charge in [-0.1, -0.05) is 0 Å². The number of benzene rings is 3. The molecule has 1 saturated heterocycles. The Kier molecular flexibility index (Phi) is 8.02. The van der Waals surface area contributed by atoms with E-state index in [0.717, 1.165) is 0 Å². The molecule has 44 heavy (non-hydrogen) atoms. The van der Waals surface area contributed by atoms with E-state index in [1.54, 1.807) is 30.3 Å². The average molecular weight is 597 g/mol. The fourth-order valence-electron chi connectivity index (χ4n) is 4.84. The lowest BCUT2D eigenvalue weighted by molar-refractivity contribution is -0.114. The second-order valence-electron chi connectivity index (χ2n) is 9.98. The predicted octanol–water partition coefficient (Wildman–Crippen LogP) is 5.47. The van der Waals surface area contributed by atoms with Gasteiger partial charge in [0.1, 0.15) is 23.8 Å². The molecular formula is C31H26F2N8O3. The van der Waals surface area contributed by atoms with Crippen molar-refractivity contribution >= 4 is 45.7 Å². The first-order chi connectivity index (χ1) is 21.3. The Morgan fingerprint density at radius 1 is 0.795 bits per heavy atom. The van der Waals surface area contributed by atoms with Crippen LogP contribution >= 0.6 is 0 Å². The summed E-state index contributed by atoms with van der Waals surface area (Å²) in [6.45, 7) is 3.39. The fraction of sp³-hybridized carbons (Fsp3) is 0.161. The summed E-state index contributed by atoms with van der Waals surface area (Å²) in [6, 6.07) is 13.1. The summed E-state index contributed by atoms with van der Waals surface area (Å²) in [4.78, 5) is 43.0. The van der Waals surface area contributed by atoms with Crippen LogP contribution in [0.4, 0.5) is 36.5 Å². The molecule has 222 valence electrons. The molecule has 11 nitrogen and oxygen atoms in total. The molecule has 0 aliphatic carbocycles. The van der Waals surface area contributed by atoms with Gasteiger partial charge >= 0.3 is 6.03 Å². The third kappa shape index (κ3) is 6.27. The maximum absolute atomic E-state index is 15.5. The normalized spacial score (nSPS) is 13.0. The average Bonchev–Trinajstić information content (AvgIpc) is 3.02. The van der Waals surface area contributed by atoms with Crippen molar-refractivity contribution in [2.75, 3.05) is 47.2 Å². The zero-order valence-electron chi connectivity index (χ0n) is 23.5. The van der Waals surface area contributed by atoms with Crippen LogP contribution in [0.5, 0.6) is 0 Å². The number of morpholine rings is 1. The zero-order valence-corrected chi connectivity index (χ0v) is 23.5. The summed E-state index contributed by atoms with van der Waals surface area (Å²) in [6.07, 6.45) is 4.37. The summed E-state index contributed by atoms with van der Waals surface area (Å²) in [7, 11) is 0. The quantitative estimate of drug-likeness (QED) is 0.235. The van der Waals surface area contributed by atoms with Crippen molar-refractivity contribution in [2.24, 2.45) is 0 Å². The van der Waals surface area contributed by atoms with Crippen LogP contribution in [0.25, 0.3) is 33.4 Å². The first-order valence-corrected chi connectivity index (χ1v) is 13.7. The Hall–Kier alpha value is -5.56. The summed E-state index contributed by atoms with van der Waals surface area (Å²) in [5.41, 5.74) is 2.53. The molecule has 3 heterocycles. The SMILES string of the molecule is CC(=O)Nc1ccc(NC(=O)Nc2ccc(-c3nc(N4CCOCC4)c4cc(F)c(-c5cncnc5)cc4n3)c(F)c2)cc1.